The van der Waals surface area contributed by atoms with Gasteiger partial charge in [-0.2, -0.15) is 5.90 Å². The molecule has 0 amide bonds. The van der Waals surface area contributed by atoms with Crippen LogP contribution in [0.15, 0.2) is 24.3 Å². The summed E-state index contributed by atoms with van der Waals surface area (Å²) in [6.07, 6.45) is 0.186. The molecule has 0 bridgehead atoms. The number of benzene rings is 1. The quantitative estimate of drug-likeness (QED) is 0.862. The van der Waals surface area contributed by atoms with Gasteiger partial charge in [0.05, 0.1) is 6.42 Å². The van der Waals surface area contributed by atoms with Gasteiger partial charge in [-0.15, -0.1) is 12.4 Å². The fraction of sp³-hybridized carbons (Fsp3) is 0.462. The molecule has 1 rings (SSSR count). The molecule has 18 heavy (non-hydrogen) atoms. The molecular formula is C13H19ClFNO2. The summed E-state index contributed by atoms with van der Waals surface area (Å²) in [5.41, 5.74) is 0.774. The fourth-order valence-electron chi connectivity index (χ4n) is 1.83. The van der Waals surface area contributed by atoms with Gasteiger partial charge in [-0.1, -0.05) is 32.9 Å². The Morgan fingerprint density at radius 1 is 1.33 bits per heavy atom. The minimum Gasteiger partial charge on any atom is -0.373 e. The predicted molar refractivity (Wildman–Crippen MR) is 70.7 cm³/mol. The smallest absolute Gasteiger partial charge is 0.325 e. The summed E-state index contributed by atoms with van der Waals surface area (Å²) in [5.74, 6) is 4.05. The van der Waals surface area contributed by atoms with E-state index in [9.17, 15) is 9.18 Å². The van der Waals surface area contributed by atoms with E-state index in [1.165, 1.54) is 12.1 Å². The standard InChI is InChI=1S/C13H18FNO2.ClH/c1-13(2,3)11(8-12(16)17-15)9-4-6-10(14)7-5-9;/h4-7,11H,8,15H2,1-3H3;1H/t11-;/m1./s1. The van der Waals surface area contributed by atoms with Crippen molar-refractivity contribution in [3.8, 4) is 0 Å². The maximum atomic E-state index is 12.9. The molecule has 0 fully saturated rings. The minimum absolute atomic E-state index is 0. The third-order valence-corrected chi connectivity index (χ3v) is 2.82. The highest BCUT2D eigenvalue weighted by Gasteiger charge is 2.29. The normalized spacial score (nSPS) is 12.5. The molecule has 0 radical (unpaired) electrons. The molecule has 0 saturated carbocycles. The lowest BCUT2D eigenvalue weighted by molar-refractivity contribution is -0.145. The zero-order valence-corrected chi connectivity index (χ0v) is 11.6. The maximum absolute atomic E-state index is 12.9. The molecule has 1 atom stereocenters. The fourth-order valence-corrected chi connectivity index (χ4v) is 1.83. The van der Waals surface area contributed by atoms with E-state index in [2.05, 4.69) is 4.84 Å². The molecule has 0 unspecified atom stereocenters. The number of nitrogens with two attached hydrogens (primary N) is 1. The number of carbonyl (C=O) groups excluding carboxylic acids is 1. The van der Waals surface area contributed by atoms with Crippen molar-refractivity contribution in [2.45, 2.75) is 33.1 Å². The highest BCUT2D eigenvalue weighted by atomic mass is 35.5. The highest BCUT2D eigenvalue weighted by Crippen LogP contribution is 2.37. The third-order valence-electron chi connectivity index (χ3n) is 2.82. The second kappa shape index (κ2) is 6.71. The zero-order chi connectivity index (χ0) is 13.1. The first kappa shape index (κ1) is 16.9. The van der Waals surface area contributed by atoms with E-state index in [0.717, 1.165) is 5.56 Å². The molecule has 0 aromatic heterocycles. The molecule has 0 aliphatic rings. The maximum Gasteiger partial charge on any atom is 0.325 e. The lowest BCUT2D eigenvalue weighted by Gasteiger charge is -2.30. The number of carbonyl (C=O) groups is 1. The highest BCUT2D eigenvalue weighted by molar-refractivity contribution is 5.85. The van der Waals surface area contributed by atoms with E-state index >= 15 is 0 Å². The molecular weight excluding hydrogens is 257 g/mol. The number of hydrogen-bond donors (Lipinski definition) is 1. The number of rotatable bonds is 3. The van der Waals surface area contributed by atoms with Crippen LogP contribution in [0.3, 0.4) is 0 Å². The zero-order valence-electron chi connectivity index (χ0n) is 10.8. The lowest BCUT2D eigenvalue weighted by Crippen LogP contribution is -2.23. The summed E-state index contributed by atoms with van der Waals surface area (Å²) >= 11 is 0. The number of halogens is 2. The van der Waals surface area contributed by atoms with Crippen molar-refractivity contribution in [1.82, 2.24) is 0 Å². The largest absolute Gasteiger partial charge is 0.373 e. The first-order valence-corrected chi connectivity index (χ1v) is 5.49. The van der Waals surface area contributed by atoms with Gasteiger partial charge >= 0.3 is 5.97 Å². The van der Waals surface area contributed by atoms with Crippen LogP contribution < -0.4 is 5.90 Å². The predicted octanol–water partition coefficient (Wildman–Crippen LogP) is 3.18. The molecule has 0 aliphatic carbocycles. The van der Waals surface area contributed by atoms with Crippen LogP contribution in [0.4, 0.5) is 4.39 Å². The summed E-state index contributed by atoms with van der Waals surface area (Å²) < 4.78 is 12.9. The minimum atomic E-state index is -0.464. The second-order valence-corrected chi connectivity index (χ2v) is 5.16. The molecule has 2 N–H and O–H groups in total. The van der Waals surface area contributed by atoms with Gasteiger partial charge < -0.3 is 4.84 Å². The first-order valence-electron chi connectivity index (χ1n) is 5.49. The van der Waals surface area contributed by atoms with Crippen LogP contribution >= 0.6 is 12.4 Å². The van der Waals surface area contributed by atoms with E-state index < -0.39 is 5.97 Å². The van der Waals surface area contributed by atoms with Gasteiger partial charge in [-0.3, -0.25) is 4.79 Å². The van der Waals surface area contributed by atoms with E-state index in [4.69, 9.17) is 5.90 Å². The van der Waals surface area contributed by atoms with Gasteiger partial charge in [-0.25, -0.2) is 4.39 Å². The molecule has 102 valence electrons. The Labute approximate surface area is 113 Å². The molecule has 5 heteroatoms. The average Bonchev–Trinajstić information content (AvgIpc) is 2.25. The molecule has 3 nitrogen and oxygen atoms in total. The Hall–Kier alpha value is -1.13. The molecule has 1 aromatic carbocycles. The Morgan fingerprint density at radius 2 is 1.83 bits per heavy atom. The van der Waals surface area contributed by atoms with Crippen LogP contribution in [-0.2, 0) is 9.63 Å². The Morgan fingerprint density at radius 3 is 2.22 bits per heavy atom. The van der Waals surface area contributed by atoms with Crippen LogP contribution in [0.5, 0.6) is 0 Å². The third kappa shape index (κ3) is 4.63. The molecule has 0 spiro atoms. The summed E-state index contributed by atoms with van der Waals surface area (Å²) in [5, 5.41) is 0. The van der Waals surface area contributed by atoms with Gasteiger partial charge in [0.25, 0.3) is 0 Å². The lowest BCUT2D eigenvalue weighted by atomic mass is 9.75. The van der Waals surface area contributed by atoms with Crippen molar-refractivity contribution < 1.29 is 14.0 Å². The topological polar surface area (TPSA) is 52.3 Å². The molecule has 1 aromatic rings. The van der Waals surface area contributed by atoms with E-state index in [1.807, 2.05) is 20.8 Å². The number of hydrogen-bond acceptors (Lipinski definition) is 3. The van der Waals surface area contributed by atoms with Crippen molar-refractivity contribution in [2.24, 2.45) is 11.3 Å². The van der Waals surface area contributed by atoms with Gasteiger partial charge in [-0.05, 0) is 29.0 Å². The summed E-state index contributed by atoms with van der Waals surface area (Å²) in [6, 6.07) is 6.16. The first-order chi connectivity index (χ1) is 7.84. The van der Waals surface area contributed by atoms with Crippen LogP contribution in [0.1, 0.15) is 38.7 Å². The monoisotopic (exact) mass is 275 g/mol. The van der Waals surface area contributed by atoms with Crippen LogP contribution in [0.2, 0.25) is 0 Å². The summed E-state index contributed by atoms with van der Waals surface area (Å²) in [4.78, 5) is 15.5. The van der Waals surface area contributed by atoms with Gasteiger partial charge in [0.15, 0.2) is 0 Å². The van der Waals surface area contributed by atoms with Crippen LogP contribution in [0.25, 0.3) is 0 Å². The van der Waals surface area contributed by atoms with Crippen molar-refractivity contribution in [1.29, 1.82) is 0 Å². The van der Waals surface area contributed by atoms with Crippen molar-refractivity contribution in [3.05, 3.63) is 35.6 Å². The van der Waals surface area contributed by atoms with Crippen molar-refractivity contribution in [2.75, 3.05) is 0 Å². The molecule has 0 heterocycles. The van der Waals surface area contributed by atoms with Crippen LogP contribution in [0, 0.1) is 11.2 Å². The Kier molecular flexibility index (Phi) is 6.29. The van der Waals surface area contributed by atoms with Gasteiger partial charge in [0.1, 0.15) is 5.82 Å². The van der Waals surface area contributed by atoms with Gasteiger partial charge in [0.2, 0.25) is 0 Å². The van der Waals surface area contributed by atoms with E-state index in [-0.39, 0.29) is 36.0 Å². The molecule has 0 saturated heterocycles. The molecule has 0 aliphatic heterocycles. The van der Waals surface area contributed by atoms with Crippen LogP contribution in [-0.4, -0.2) is 5.97 Å². The van der Waals surface area contributed by atoms with Gasteiger partial charge in [0, 0.05) is 0 Å². The second-order valence-electron chi connectivity index (χ2n) is 5.16. The summed E-state index contributed by atoms with van der Waals surface area (Å²) in [7, 11) is 0. The SMILES string of the molecule is CC(C)(C)[C@H](CC(=O)ON)c1ccc(F)cc1.Cl. The summed E-state index contributed by atoms with van der Waals surface area (Å²) in [6.45, 7) is 6.06. The van der Waals surface area contributed by atoms with Crippen molar-refractivity contribution >= 4 is 18.4 Å². The average molecular weight is 276 g/mol. The Balaban J connectivity index is 0.00000289. The van der Waals surface area contributed by atoms with Crippen molar-refractivity contribution in [3.63, 3.8) is 0 Å². The van der Waals surface area contributed by atoms with E-state index in [1.54, 1.807) is 12.1 Å². The van der Waals surface area contributed by atoms with E-state index in [0.29, 0.717) is 0 Å². The Bertz CT molecular complexity index is 387.